The molecule has 0 aliphatic carbocycles. The fraction of sp³-hybridized carbons (Fsp3) is 0.500. The summed E-state index contributed by atoms with van der Waals surface area (Å²) in [6.07, 6.45) is 2.81. The molecule has 8 heteroatoms. The zero-order valence-corrected chi connectivity index (χ0v) is 11.9. The Hall–Kier alpha value is -0.540. The van der Waals surface area contributed by atoms with Gasteiger partial charge in [0.2, 0.25) is 10.0 Å². The van der Waals surface area contributed by atoms with Gasteiger partial charge in [-0.2, -0.15) is 4.31 Å². The van der Waals surface area contributed by atoms with Crippen molar-refractivity contribution < 1.29 is 18.3 Å². The lowest BCUT2D eigenvalue weighted by atomic mass is 10.3. The zero-order chi connectivity index (χ0) is 13.2. The van der Waals surface area contributed by atoms with Gasteiger partial charge in [0.15, 0.2) is 0 Å². The number of morpholine rings is 1. The van der Waals surface area contributed by atoms with Crippen LogP contribution in [0.25, 0.3) is 0 Å². The van der Waals surface area contributed by atoms with Crippen molar-refractivity contribution in [3.05, 3.63) is 22.9 Å². The van der Waals surface area contributed by atoms with Gasteiger partial charge in [0.1, 0.15) is 4.90 Å². The van der Waals surface area contributed by atoms with Crippen LogP contribution in [0.1, 0.15) is 0 Å². The van der Waals surface area contributed by atoms with Crippen LogP contribution in [-0.4, -0.2) is 55.2 Å². The molecule has 18 heavy (non-hydrogen) atoms. The molecule has 6 nitrogen and oxygen atoms in total. The monoisotopic (exact) mass is 336 g/mol. The Balaban J connectivity index is 2.35. The van der Waals surface area contributed by atoms with Crippen LogP contribution in [0.2, 0.25) is 0 Å². The Kier molecular flexibility index (Phi) is 4.33. The standard InChI is InChI=1S/C10H13BrN2O4S/c11-8-3-10(5-12-4-8)18(15,16)13-1-2-17-7-9(13)6-14/h3-5,9,14H,1-2,6-7H2. The van der Waals surface area contributed by atoms with Crippen LogP contribution in [0.4, 0.5) is 0 Å². The minimum absolute atomic E-state index is 0.109. The number of ether oxygens (including phenoxy) is 1. The summed E-state index contributed by atoms with van der Waals surface area (Å²) in [7, 11) is -3.64. The van der Waals surface area contributed by atoms with Crippen LogP contribution in [0.5, 0.6) is 0 Å². The lowest BCUT2D eigenvalue weighted by Crippen LogP contribution is -2.50. The van der Waals surface area contributed by atoms with Crippen LogP contribution < -0.4 is 0 Å². The predicted molar refractivity (Wildman–Crippen MR) is 67.5 cm³/mol. The molecule has 1 saturated heterocycles. The van der Waals surface area contributed by atoms with Gasteiger partial charge in [-0.25, -0.2) is 8.42 Å². The number of pyridine rings is 1. The maximum atomic E-state index is 12.4. The molecule has 2 rings (SSSR count). The zero-order valence-electron chi connectivity index (χ0n) is 9.49. The molecule has 0 bridgehead atoms. The lowest BCUT2D eigenvalue weighted by Gasteiger charge is -2.33. The van der Waals surface area contributed by atoms with Crippen molar-refractivity contribution in [3.63, 3.8) is 0 Å². The van der Waals surface area contributed by atoms with Gasteiger partial charge in [-0.1, -0.05) is 0 Å². The molecule has 1 atom stereocenters. The number of sulfonamides is 1. The second-order valence-corrected chi connectivity index (χ2v) is 6.67. The van der Waals surface area contributed by atoms with E-state index in [9.17, 15) is 13.5 Å². The van der Waals surface area contributed by atoms with Crippen molar-refractivity contribution in [2.75, 3.05) is 26.4 Å². The van der Waals surface area contributed by atoms with Crippen molar-refractivity contribution in [2.24, 2.45) is 0 Å². The number of aromatic nitrogens is 1. The molecule has 1 aliphatic heterocycles. The van der Waals surface area contributed by atoms with Crippen molar-refractivity contribution in [1.29, 1.82) is 0 Å². The number of nitrogens with zero attached hydrogens (tertiary/aromatic N) is 2. The van der Waals surface area contributed by atoms with Crippen LogP contribution in [0.3, 0.4) is 0 Å². The summed E-state index contributed by atoms with van der Waals surface area (Å²) >= 11 is 3.19. The topological polar surface area (TPSA) is 79.7 Å². The second-order valence-electron chi connectivity index (χ2n) is 3.87. The van der Waals surface area contributed by atoms with E-state index in [0.29, 0.717) is 11.1 Å². The third-order valence-electron chi connectivity index (χ3n) is 2.67. The Labute approximate surface area is 114 Å². The summed E-state index contributed by atoms with van der Waals surface area (Å²) in [5, 5.41) is 9.22. The van der Waals surface area contributed by atoms with Crippen molar-refractivity contribution in [2.45, 2.75) is 10.9 Å². The fourth-order valence-electron chi connectivity index (χ4n) is 1.77. The molecule has 1 aliphatic rings. The highest BCUT2D eigenvalue weighted by Crippen LogP contribution is 2.22. The normalized spacial score (nSPS) is 22.0. The minimum Gasteiger partial charge on any atom is -0.395 e. The van der Waals surface area contributed by atoms with E-state index in [0.717, 1.165) is 0 Å². The van der Waals surface area contributed by atoms with Gasteiger partial charge in [0.05, 0.1) is 25.9 Å². The SMILES string of the molecule is O=S(=O)(c1cncc(Br)c1)N1CCOCC1CO. The first-order chi connectivity index (χ1) is 8.55. The summed E-state index contributed by atoms with van der Waals surface area (Å²) in [6, 6.07) is 0.953. The van der Waals surface area contributed by atoms with Gasteiger partial charge in [0, 0.05) is 23.4 Å². The maximum absolute atomic E-state index is 12.4. The summed E-state index contributed by atoms with van der Waals surface area (Å²) in [5.74, 6) is 0. The summed E-state index contributed by atoms with van der Waals surface area (Å²) in [5.41, 5.74) is 0. The van der Waals surface area contributed by atoms with E-state index in [2.05, 4.69) is 20.9 Å². The third-order valence-corrected chi connectivity index (χ3v) is 5.02. The first kappa shape index (κ1) is 13.9. The first-order valence-corrected chi connectivity index (χ1v) is 7.60. The minimum atomic E-state index is -3.64. The van der Waals surface area contributed by atoms with Crippen molar-refractivity contribution >= 4 is 26.0 Å². The smallest absolute Gasteiger partial charge is 0.245 e. The molecular weight excluding hydrogens is 324 g/mol. The Morgan fingerprint density at radius 1 is 1.56 bits per heavy atom. The molecule has 0 amide bonds. The molecule has 1 fully saturated rings. The van der Waals surface area contributed by atoms with E-state index in [1.165, 1.54) is 22.8 Å². The number of aliphatic hydroxyl groups excluding tert-OH is 1. The number of hydrogen-bond donors (Lipinski definition) is 1. The molecule has 0 radical (unpaired) electrons. The molecule has 0 saturated carbocycles. The average molecular weight is 337 g/mol. The molecule has 1 N–H and O–H groups in total. The molecule has 0 spiro atoms. The molecular formula is C10H13BrN2O4S. The molecule has 1 unspecified atom stereocenters. The second kappa shape index (κ2) is 5.62. The van der Waals surface area contributed by atoms with Crippen molar-refractivity contribution in [1.82, 2.24) is 9.29 Å². The number of hydrogen-bond acceptors (Lipinski definition) is 5. The maximum Gasteiger partial charge on any atom is 0.245 e. The van der Waals surface area contributed by atoms with Crippen LogP contribution in [-0.2, 0) is 14.8 Å². The Morgan fingerprint density at radius 2 is 2.33 bits per heavy atom. The van der Waals surface area contributed by atoms with Gasteiger partial charge in [-0.05, 0) is 22.0 Å². The fourth-order valence-corrected chi connectivity index (χ4v) is 3.86. The molecule has 100 valence electrons. The van der Waals surface area contributed by atoms with Crippen LogP contribution in [0, 0.1) is 0 Å². The average Bonchev–Trinajstić information content (AvgIpc) is 2.38. The van der Waals surface area contributed by atoms with Gasteiger partial charge in [0.25, 0.3) is 0 Å². The highest BCUT2D eigenvalue weighted by Gasteiger charge is 2.33. The predicted octanol–water partition coefficient (Wildman–Crippen LogP) is 0.226. The Bertz CT molecular complexity index is 522. The molecule has 1 aromatic heterocycles. The molecule has 2 heterocycles. The quantitative estimate of drug-likeness (QED) is 0.854. The van der Waals surface area contributed by atoms with Gasteiger partial charge in [-0.15, -0.1) is 0 Å². The number of aliphatic hydroxyl groups is 1. The number of rotatable bonds is 3. The highest BCUT2D eigenvalue weighted by molar-refractivity contribution is 9.10. The van der Waals surface area contributed by atoms with Crippen LogP contribution >= 0.6 is 15.9 Å². The van der Waals surface area contributed by atoms with E-state index in [-0.39, 0.29) is 24.7 Å². The van der Waals surface area contributed by atoms with Crippen molar-refractivity contribution in [3.8, 4) is 0 Å². The lowest BCUT2D eigenvalue weighted by molar-refractivity contribution is 0.0109. The number of halogens is 1. The van der Waals surface area contributed by atoms with E-state index in [1.54, 1.807) is 0 Å². The Morgan fingerprint density at radius 3 is 3.00 bits per heavy atom. The molecule has 0 aromatic carbocycles. The van der Waals surface area contributed by atoms with E-state index < -0.39 is 16.1 Å². The molecule has 1 aromatic rings. The van der Waals surface area contributed by atoms with E-state index >= 15 is 0 Å². The summed E-state index contributed by atoms with van der Waals surface area (Å²) in [6.45, 7) is 0.509. The van der Waals surface area contributed by atoms with Gasteiger partial charge < -0.3 is 9.84 Å². The van der Waals surface area contributed by atoms with Gasteiger partial charge in [-0.3, -0.25) is 4.98 Å². The van der Waals surface area contributed by atoms with Crippen LogP contribution in [0.15, 0.2) is 27.8 Å². The van der Waals surface area contributed by atoms with E-state index in [1.807, 2.05) is 0 Å². The van der Waals surface area contributed by atoms with E-state index in [4.69, 9.17) is 4.74 Å². The first-order valence-electron chi connectivity index (χ1n) is 5.36. The largest absolute Gasteiger partial charge is 0.395 e. The van der Waals surface area contributed by atoms with Gasteiger partial charge >= 0.3 is 0 Å². The highest BCUT2D eigenvalue weighted by atomic mass is 79.9. The third kappa shape index (κ3) is 2.72. The summed E-state index contributed by atoms with van der Waals surface area (Å²) < 4.78 is 31.8. The summed E-state index contributed by atoms with van der Waals surface area (Å²) in [4.78, 5) is 3.96.